The van der Waals surface area contributed by atoms with Crippen LogP contribution in [0, 0.1) is 6.92 Å². The fourth-order valence-electron chi connectivity index (χ4n) is 4.11. The van der Waals surface area contributed by atoms with E-state index in [1.807, 2.05) is 48.5 Å². The maximum atomic E-state index is 12.9. The van der Waals surface area contributed by atoms with Gasteiger partial charge in [-0.25, -0.2) is 4.98 Å². The van der Waals surface area contributed by atoms with Crippen molar-refractivity contribution in [2.75, 3.05) is 7.05 Å². The van der Waals surface area contributed by atoms with Crippen LogP contribution in [0.4, 0.5) is 13.2 Å². The predicted molar refractivity (Wildman–Crippen MR) is 128 cm³/mol. The SMILES string of the molecule is CNC(=O)[C@H](N[C@@H](CCc1ccc(C(F)(F)F)cc1)c1ccc2nc(C)oc2c1)c1ccccc1. The lowest BCUT2D eigenvalue weighted by molar-refractivity contribution is -0.137. The van der Waals surface area contributed by atoms with Gasteiger partial charge in [0, 0.05) is 20.0 Å². The molecule has 0 radical (unpaired) electrons. The summed E-state index contributed by atoms with van der Waals surface area (Å²) in [6.45, 7) is 1.77. The molecule has 8 heteroatoms. The number of amides is 1. The summed E-state index contributed by atoms with van der Waals surface area (Å²) in [5, 5.41) is 6.17. The summed E-state index contributed by atoms with van der Waals surface area (Å²) < 4.78 is 44.5. The number of hydrogen-bond donors (Lipinski definition) is 2. The second kappa shape index (κ2) is 10.3. The topological polar surface area (TPSA) is 67.2 Å². The third-order valence-corrected chi connectivity index (χ3v) is 5.93. The quantitative estimate of drug-likeness (QED) is 0.329. The third-order valence-electron chi connectivity index (χ3n) is 5.93. The first-order chi connectivity index (χ1) is 16.7. The highest BCUT2D eigenvalue weighted by molar-refractivity contribution is 5.83. The number of carbonyl (C=O) groups excluding carboxylic acids is 1. The number of fused-ring (bicyclic) bond motifs is 1. The summed E-state index contributed by atoms with van der Waals surface area (Å²) >= 11 is 0. The molecule has 0 unspecified atom stereocenters. The Balaban J connectivity index is 1.63. The molecule has 0 saturated carbocycles. The van der Waals surface area contributed by atoms with E-state index < -0.39 is 17.8 Å². The van der Waals surface area contributed by atoms with Gasteiger partial charge in [0.05, 0.1) is 5.56 Å². The van der Waals surface area contributed by atoms with E-state index in [0.29, 0.717) is 24.3 Å². The van der Waals surface area contributed by atoms with Crippen molar-refractivity contribution in [3.63, 3.8) is 0 Å². The lowest BCUT2D eigenvalue weighted by Crippen LogP contribution is -2.38. The Morgan fingerprint density at radius 2 is 1.71 bits per heavy atom. The number of halogens is 3. The van der Waals surface area contributed by atoms with Crippen molar-refractivity contribution in [3.05, 3.63) is 101 Å². The fraction of sp³-hybridized carbons (Fsp3) is 0.259. The van der Waals surface area contributed by atoms with E-state index in [1.54, 1.807) is 14.0 Å². The molecule has 1 amide bonds. The molecule has 0 aliphatic carbocycles. The van der Waals surface area contributed by atoms with Crippen LogP contribution in [-0.2, 0) is 17.4 Å². The molecule has 0 fully saturated rings. The van der Waals surface area contributed by atoms with E-state index in [4.69, 9.17) is 4.42 Å². The van der Waals surface area contributed by atoms with E-state index in [1.165, 1.54) is 12.1 Å². The molecule has 4 rings (SSSR count). The van der Waals surface area contributed by atoms with Crippen molar-refractivity contribution in [3.8, 4) is 0 Å². The lowest BCUT2D eigenvalue weighted by atomic mass is 9.95. The van der Waals surface area contributed by atoms with Gasteiger partial charge in [-0.15, -0.1) is 0 Å². The molecule has 4 aromatic rings. The minimum Gasteiger partial charge on any atom is -0.441 e. The zero-order chi connectivity index (χ0) is 25.0. The molecule has 0 bridgehead atoms. The Bertz CT molecular complexity index is 1280. The molecule has 1 heterocycles. The van der Waals surface area contributed by atoms with Crippen molar-refractivity contribution in [1.82, 2.24) is 15.6 Å². The number of alkyl halides is 3. The Hall–Kier alpha value is -3.65. The van der Waals surface area contributed by atoms with Gasteiger partial charge in [-0.3, -0.25) is 10.1 Å². The Morgan fingerprint density at radius 3 is 2.37 bits per heavy atom. The minimum atomic E-state index is -4.37. The summed E-state index contributed by atoms with van der Waals surface area (Å²) in [6.07, 6.45) is -3.31. The third kappa shape index (κ3) is 5.89. The Kier molecular flexibility index (Phi) is 7.21. The van der Waals surface area contributed by atoms with E-state index >= 15 is 0 Å². The van der Waals surface area contributed by atoms with Gasteiger partial charge in [-0.2, -0.15) is 13.2 Å². The predicted octanol–water partition coefficient (Wildman–Crippen LogP) is 5.91. The first-order valence-corrected chi connectivity index (χ1v) is 11.3. The highest BCUT2D eigenvalue weighted by Gasteiger charge is 2.30. The van der Waals surface area contributed by atoms with Crippen molar-refractivity contribution >= 4 is 17.0 Å². The summed E-state index contributed by atoms with van der Waals surface area (Å²) in [5.41, 5.74) is 3.17. The van der Waals surface area contributed by atoms with E-state index in [0.717, 1.165) is 34.3 Å². The van der Waals surface area contributed by atoms with Crippen LogP contribution in [0.15, 0.2) is 77.2 Å². The van der Waals surface area contributed by atoms with Gasteiger partial charge in [-0.1, -0.05) is 48.5 Å². The Labute approximate surface area is 201 Å². The lowest BCUT2D eigenvalue weighted by Gasteiger charge is -2.26. The van der Waals surface area contributed by atoms with Gasteiger partial charge in [-0.05, 0) is 53.8 Å². The van der Waals surface area contributed by atoms with Crippen LogP contribution in [0.1, 0.15) is 46.6 Å². The zero-order valence-electron chi connectivity index (χ0n) is 19.4. The molecule has 2 atom stereocenters. The maximum absolute atomic E-state index is 12.9. The number of carbonyl (C=O) groups is 1. The van der Waals surface area contributed by atoms with Gasteiger partial charge < -0.3 is 9.73 Å². The van der Waals surface area contributed by atoms with Gasteiger partial charge in [0.25, 0.3) is 0 Å². The number of aromatic nitrogens is 1. The number of hydrogen-bond acceptors (Lipinski definition) is 4. The van der Waals surface area contributed by atoms with Crippen LogP contribution in [0.2, 0.25) is 0 Å². The number of oxazole rings is 1. The maximum Gasteiger partial charge on any atom is 0.416 e. The second-order valence-corrected chi connectivity index (χ2v) is 8.37. The Morgan fingerprint density at radius 1 is 1.00 bits per heavy atom. The van der Waals surface area contributed by atoms with E-state index in [2.05, 4.69) is 15.6 Å². The molecule has 0 saturated heterocycles. The summed E-state index contributed by atoms with van der Waals surface area (Å²) in [4.78, 5) is 17.1. The highest BCUT2D eigenvalue weighted by atomic mass is 19.4. The highest BCUT2D eigenvalue weighted by Crippen LogP contribution is 2.31. The van der Waals surface area contributed by atoms with E-state index in [9.17, 15) is 18.0 Å². The first kappa shape index (κ1) is 24.5. The van der Waals surface area contributed by atoms with Gasteiger partial charge in [0.2, 0.25) is 5.91 Å². The van der Waals surface area contributed by atoms with E-state index in [-0.39, 0.29) is 11.9 Å². The number of nitrogens with zero attached hydrogens (tertiary/aromatic N) is 1. The average Bonchev–Trinajstić information content (AvgIpc) is 3.23. The smallest absolute Gasteiger partial charge is 0.416 e. The average molecular weight is 482 g/mol. The zero-order valence-corrected chi connectivity index (χ0v) is 19.4. The summed E-state index contributed by atoms with van der Waals surface area (Å²) in [6, 6.07) is 19.3. The largest absolute Gasteiger partial charge is 0.441 e. The monoisotopic (exact) mass is 481 g/mol. The van der Waals surface area contributed by atoms with Crippen LogP contribution in [0.3, 0.4) is 0 Å². The van der Waals surface area contributed by atoms with Crippen molar-refractivity contribution in [2.24, 2.45) is 0 Å². The molecule has 0 aliphatic heterocycles. The fourth-order valence-corrected chi connectivity index (χ4v) is 4.11. The van der Waals surface area contributed by atoms with Gasteiger partial charge in [0.15, 0.2) is 11.5 Å². The van der Waals surface area contributed by atoms with Crippen LogP contribution in [0.5, 0.6) is 0 Å². The molecule has 3 aromatic carbocycles. The van der Waals surface area contributed by atoms with Crippen LogP contribution in [-0.4, -0.2) is 17.9 Å². The molecule has 5 nitrogen and oxygen atoms in total. The number of likely N-dealkylation sites (N-methyl/N-ethyl adjacent to an activating group) is 1. The normalized spacial score (nSPS) is 13.5. The van der Waals surface area contributed by atoms with Crippen LogP contribution < -0.4 is 10.6 Å². The van der Waals surface area contributed by atoms with Crippen molar-refractivity contribution < 1.29 is 22.4 Å². The molecule has 0 spiro atoms. The van der Waals surface area contributed by atoms with Crippen molar-refractivity contribution in [2.45, 2.75) is 38.0 Å². The molecular weight excluding hydrogens is 455 g/mol. The van der Waals surface area contributed by atoms with Gasteiger partial charge in [0.1, 0.15) is 11.6 Å². The van der Waals surface area contributed by atoms with Gasteiger partial charge >= 0.3 is 6.18 Å². The molecule has 2 N–H and O–H groups in total. The minimum absolute atomic E-state index is 0.188. The summed E-state index contributed by atoms with van der Waals surface area (Å²) in [7, 11) is 1.58. The molecular formula is C27H26F3N3O2. The number of aryl methyl sites for hydroxylation is 2. The molecule has 182 valence electrons. The van der Waals surface area contributed by atoms with Crippen molar-refractivity contribution in [1.29, 1.82) is 0 Å². The number of nitrogens with one attached hydrogen (secondary N) is 2. The number of benzene rings is 3. The van der Waals surface area contributed by atoms with Crippen LogP contribution in [0.25, 0.3) is 11.1 Å². The second-order valence-electron chi connectivity index (χ2n) is 8.37. The number of rotatable bonds is 8. The molecule has 0 aliphatic rings. The first-order valence-electron chi connectivity index (χ1n) is 11.3. The standard InChI is InChI=1S/C27H26F3N3O2/c1-17-32-23-15-11-20(16-24(23)35-17)22(14-10-18-8-12-21(13-9-18)27(28,29)30)33-25(26(34)31-2)19-6-4-3-5-7-19/h3-9,11-13,15-16,22,25,33H,10,14H2,1-2H3,(H,31,34)/t22-,25+/m0/s1. The molecule has 1 aromatic heterocycles. The molecule has 35 heavy (non-hydrogen) atoms. The summed E-state index contributed by atoms with van der Waals surface area (Å²) in [5.74, 6) is 0.367. The van der Waals surface area contributed by atoms with Crippen LogP contribution >= 0.6 is 0 Å².